The van der Waals surface area contributed by atoms with Crippen LogP contribution < -0.4 is 0 Å². The van der Waals surface area contributed by atoms with E-state index in [1.165, 1.54) is 5.56 Å². The van der Waals surface area contributed by atoms with Crippen LogP contribution in [0.2, 0.25) is 0 Å². The van der Waals surface area contributed by atoms with Crippen LogP contribution in [0, 0.1) is 0 Å². The van der Waals surface area contributed by atoms with E-state index in [1.54, 1.807) is 0 Å². The zero-order valence-electron chi connectivity index (χ0n) is 11.2. The van der Waals surface area contributed by atoms with Crippen molar-refractivity contribution in [2.24, 2.45) is 0 Å². The number of carbonyl (C=O) groups is 1. The van der Waals surface area contributed by atoms with Crippen LogP contribution in [0.4, 0.5) is 0 Å². The molecule has 0 atom stereocenters. The lowest BCUT2D eigenvalue weighted by Gasteiger charge is -2.23. The van der Waals surface area contributed by atoms with E-state index < -0.39 is 0 Å². The smallest absolute Gasteiger partial charge is 0.249 e. The van der Waals surface area contributed by atoms with Crippen molar-refractivity contribution in [2.45, 2.75) is 45.7 Å². The van der Waals surface area contributed by atoms with Gasteiger partial charge in [-0.25, -0.2) is 0 Å². The first kappa shape index (κ1) is 12.9. The van der Waals surface area contributed by atoms with Gasteiger partial charge < -0.3 is 4.90 Å². The van der Waals surface area contributed by atoms with Gasteiger partial charge in [-0.2, -0.15) is 0 Å². The van der Waals surface area contributed by atoms with E-state index in [-0.39, 0.29) is 5.91 Å². The second-order valence-electron chi connectivity index (χ2n) is 4.95. The highest BCUT2D eigenvalue weighted by Crippen LogP contribution is 2.29. The van der Waals surface area contributed by atoms with Gasteiger partial charge in [0, 0.05) is 18.2 Å². The van der Waals surface area contributed by atoms with Crippen LogP contribution in [-0.2, 0) is 11.3 Å². The number of hydrogen-bond donors (Lipinski definition) is 0. The monoisotopic (exact) mass is 243 g/mol. The summed E-state index contributed by atoms with van der Waals surface area (Å²) in [6, 6.07) is 10.7. The summed E-state index contributed by atoms with van der Waals surface area (Å²) in [5.41, 5.74) is 2.09. The molecule has 0 unspecified atom stereocenters. The molecule has 2 nitrogen and oxygen atoms in total. The van der Waals surface area contributed by atoms with Crippen molar-refractivity contribution in [3.8, 4) is 0 Å². The Hall–Kier alpha value is -1.57. The minimum atomic E-state index is 0.197. The van der Waals surface area contributed by atoms with E-state index >= 15 is 0 Å². The maximum Gasteiger partial charge on any atom is 0.249 e. The van der Waals surface area contributed by atoms with E-state index in [0.29, 0.717) is 6.04 Å². The molecule has 0 aliphatic heterocycles. The lowest BCUT2D eigenvalue weighted by Crippen LogP contribution is -2.33. The Kier molecular flexibility index (Phi) is 4.19. The molecule has 2 rings (SSSR count). The molecule has 0 heterocycles. The first-order valence-electron chi connectivity index (χ1n) is 6.74. The third kappa shape index (κ3) is 3.22. The summed E-state index contributed by atoms with van der Waals surface area (Å²) in [5.74, 6) is 0.197. The SMILES string of the molecule is CC/C=C(/C)C(=O)N(Cc1ccccc1)C1CC1. The van der Waals surface area contributed by atoms with Crippen LogP contribution in [0.3, 0.4) is 0 Å². The maximum absolute atomic E-state index is 12.4. The van der Waals surface area contributed by atoms with Crippen molar-refractivity contribution in [1.82, 2.24) is 4.90 Å². The minimum absolute atomic E-state index is 0.197. The molecule has 1 amide bonds. The molecule has 0 saturated heterocycles. The van der Waals surface area contributed by atoms with Crippen molar-refractivity contribution >= 4 is 5.91 Å². The molecule has 96 valence electrons. The fraction of sp³-hybridized carbons (Fsp3) is 0.438. The van der Waals surface area contributed by atoms with E-state index in [1.807, 2.05) is 36.1 Å². The number of nitrogens with zero attached hydrogens (tertiary/aromatic N) is 1. The molecule has 2 heteroatoms. The zero-order valence-corrected chi connectivity index (χ0v) is 11.2. The molecule has 0 aromatic heterocycles. The normalized spacial score (nSPS) is 15.6. The van der Waals surface area contributed by atoms with Gasteiger partial charge in [-0.05, 0) is 31.7 Å². The van der Waals surface area contributed by atoms with Gasteiger partial charge in [0.05, 0.1) is 0 Å². The summed E-state index contributed by atoms with van der Waals surface area (Å²) in [7, 11) is 0. The lowest BCUT2D eigenvalue weighted by atomic mass is 10.1. The van der Waals surface area contributed by atoms with Crippen molar-refractivity contribution in [2.75, 3.05) is 0 Å². The predicted octanol–water partition coefficient (Wildman–Crippen LogP) is 3.53. The van der Waals surface area contributed by atoms with Gasteiger partial charge in [0.1, 0.15) is 0 Å². The molecule has 0 spiro atoms. The molecule has 1 saturated carbocycles. The number of allylic oxidation sites excluding steroid dienone is 1. The summed E-state index contributed by atoms with van der Waals surface area (Å²) in [5, 5.41) is 0. The highest BCUT2D eigenvalue weighted by molar-refractivity contribution is 5.93. The highest BCUT2D eigenvalue weighted by atomic mass is 16.2. The summed E-state index contributed by atoms with van der Waals surface area (Å²) < 4.78 is 0. The third-order valence-electron chi connectivity index (χ3n) is 3.29. The predicted molar refractivity (Wildman–Crippen MR) is 74.1 cm³/mol. The van der Waals surface area contributed by atoms with Gasteiger partial charge in [0.2, 0.25) is 5.91 Å². The molecule has 0 N–H and O–H groups in total. The molecule has 18 heavy (non-hydrogen) atoms. The van der Waals surface area contributed by atoms with E-state index in [4.69, 9.17) is 0 Å². The van der Waals surface area contributed by atoms with E-state index in [9.17, 15) is 4.79 Å². The van der Waals surface area contributed by atoms with Crippen LogP contribution in [0.5, 0.6) is 0 Å². The third-order valence-corrected chi connectivity index (χ3v) is 3.29. The number of amides is 1. The molecule has 1 fully saturated rings. The van der Waals surface area contributed by atoms with Crippen LogP contribution in [-0.4, -0.2) is 16.8 Å². The number of hydrogen-bond acceptors (Lipinski definition) is 1. The Bertz CT molecular complexity index is 432. The Morgan fingerprint density at radius 1 is 1.33 bits per heavy atom. The van der Waals surface area contributed by atoms with E-state index in [0.717, 1.165) is 31.4 Å². The van der Waals surface area contributed by atoms with Gasteiger partial charge in [-0.15, -0.1) is 0 Å². The van der Waals surface area contributed by atoms with Gasteiger partial charge in [0.25, 0.3) is 0 Å². The van der Waals surface area contributed by atoms with Crippen LogP contribution in [0.15, 0.2) is 42.0 Å². The fourth-order valence-corrected chi connectivity index (χ4v) is 2.15. The molecule has 0 radical (unpaired) electrons. The molecule has 1 aromatic carbocycles. The number of benzene rings is 1. The van der Waals surface area contributed by atoms with Crippen molar-refractivity contribution in [3.63, 3.8) is 0 Å². The molecular formula is C16H21NO. The lowest BCUT2D eigenvalue weighted by molar-refractivity contribution is -0.128. The Labute approximate surface area is 109 Å². The number of carbonyl (C=O) groups excluding carboxylic acids is 1. The Morgan fingerprint density at radius 2 is 2.00 bits per heavy atom. The molecule has 1 aliphatic carbocycles. The van der Waals surface area contributed by atoms with Crippen LogP contribution in [0.1, 0.15) is 38.7 Å². The average molecular weight is 243 g/mol. The van der Waals surface area contributed by atoms with Crippen molar-refractivity contribution in [3.05, 3.63) is 47.5 Å². The standard InChI is InChI=1S/C16H21NO/c1-3-7-13(2)16(18)17(15-10-11-15)12-14-8-5-4-6-9-14/h4-9,15H,3,10-12H2,1-2H3/b13-7-. The summed E-state index contributed by atoms with van der Waals surface area (Å²) in [6.45, 7) is 4.72. The van der Waals surface area contributed by atoms with Gasteiger partial charge in [-0.1, -0.05) is 43.3 Å². The fourth-order valence-electron chi connectivity index (χ4n) is 2.15. The summed E-state index contributed by atoms with van der Waals surface area (Å²) >= 11 is 0. The maximum atomic E-state index is 12.4. The quantitative estimate of drug-likeness (QED) is 0.724. The minimum Gasteiger partial charge on any atom is -0.332 e. The zero-order chi connectivity index (χ0) is 13.0. The van der Waals surface area contributed by atoms with Gasteiger partial charge >= 0.3 is 0 Å². The summed E-state index contributed by atoms with van der Waals surface area (Å²) in [4.78, 5) is 14.4. The van der Waals surface area contributed by atoms with Crippen LogP contribution in [0.25, 0.3) is 0 Å². The molecule has 0 bridgehead atoms. The second kappa shape index (κ2) is 5.85. The molecular weight excluding hydrogens is 222 g/mol. The van der Waals surface area contributed by atoms with E-state index in [2.05, 4.69) is 19.1 Å². The summed E-state index contributed by atoms with van der Waals surface area (Å²) in [6.07, 6.45) is 5.24. The number of rotatable bonds is 5. The Balaban J connectivity index is 2.09. The Morgan fingerprint density at radius 3 is 2.56 bits per heavy atom. The average Bonchev–Trinajstić information content (AvgIpc) is 3.21. The highest BCUT2D eigenvalue weighted by Gasteiger charge is 2.32. The van der Waals surface area contributed by atoms with Gasteiger partial charge in [-0.3, -0.25) is 4.79 Å². The van der Waals surface area contributed by atoms with Crippen molar-refractivity contribution < 1.29 is 4.79 Å². The van der Waals surface area contributed by atoms with Crippen LogP contribution >= 0.6 is 0 Å². The molecule has 1 aromatic rings. The second-order valence-corrected chi connectivity index (χ2v) is 4.95. The van der Waals surface area contributed by atoms with Crippen molar-refractivity contribution in [1.29, 1.82) is 0 Å². The largest absolute Gasteiger partial charge is 0.332 e. The first-order valence-corrected chi connectivity index (χ1v) is 6.74. The topological polar surface area (TPSA) is 20.3 Å². The van der Waals surface area contributed by atoms with Gasteiger partial charge in [0.15, 0.2) is 0 Å². The first-order chi connectivity index (χ1) is 8.72. The molecule has 1 aliphatic rings.